The third kappa shape index (κ3) is 3.47. The van der Waals surface area contributed by atoms with Crippen LogP contribution in [0.4, 0.5) is 52.7 Å². The summed E-state index contributed by atoms with van der Waals surface area (Å²) < 4.78 is 154. The van der Waals surface area contributed by atoms with E-state index in [1.54, 1.807) is 0 Å². The van der Waals surface area contributed by atoms with E-state index in [9.17, 15) is 57.8 Å². The van der Waals surface area contributed by atoms with Crippen LogP contribution in [-0.4, -0.2) is 35.4 Å². The SMILES string of the molecule is CC(C1CCC(C(O)(C(F)(F)F)C(F)(F)F)CC1)(C(F)(F)F)C(F)(F)F. The van der Waals surface area contributed by atoms with E-state index < -0.39 is 73.2 Å². The van der Waals surface area contributed by atoms with Crippen molar-refractivity contribution in [3.63, 3.8) is 0 Å². The molecule has 1 N–H and O–H groups in total. The summed E-state index contributed by atoms with van der Waals surface area (Å²) in [4.78, 5) is 0. The number of alkyl halides is 12. The maximum Gasteiger partial charge on any atom is 0.426 e. The first kappa shape index (κ1) is 23.2. The standard InChI is InChI=1S/C13H14F12O/c1-8(10(14,15)16,11(17,18)19)6-2-4-7(5-3-6)9(26,12(20,21)22)13(23,24)25/h6-7,26H,2-5H2,1H3. The topological polar surface area (TPSA) is 20.2 Å². The Morgan fingerprint density at radius 2 is 0.808 bits per heavy atom. The van der Waals surface area contributed by atoms with Gasteiger partial charge >= 0.3 is 24.7 Å². The highest BCUT2D eigenvalue weighted by Crippen LogP contribution is 2.60. The van der Waals surface area contributed by atoms with Crippen molar-refractivity contribution < 1.29 is 57.8 Å². The van der Waals surface area contributed by atoms with E-state index in [-0.39, 0.29) is 6.92 Å². The van der Waals surface area contributed by atoms with E-state index in [0.29, 0.717) is 0 Å². The van der Waals surface area contributed by atoms with Gasteiger partial charge in [-0.3, -0.25) is 0 Å². The fourth-order valence-electron chi connectivity index (χ4n) is 3.34. The molecule has 13 heteroatoms. The van der Waals surface area contributed by atoms with Crippen LogP contribution >= 0.6 is 0 Å². The van der Waals surface area contributed by atoms with Gasteiger partial charge in [-0.1, -0.05) is 0 Å². The Hall–Kier alpha value is -0.880. The van der Waals surface area contributed by atoms with Gasteiger partial charge in [0.15, 0.2) is 5.41 Å². The quantitative estimate of drug-likeness (QED) is 0.568. The summed E-state index contributed by atoms with van der Waals surface area (Å²) in [5, 5.41) is 9.22. The molecule has 0 heterocycles. The van der Waals surface area contributed by atoms with Crippen LogP contribution < -0.4 is 0 Å². The van der Waals surface area contributed by atoms with E-state index in [0.717, 1.165) is 0 Å². The summed E-state index contributed by atoms with van der Waals surface area (Å²) in [7, 11) is 0. The van der Waals surface area contributed by atoms with Gasteiger partial charge in [0.2, 0.25) is 0 Å². The molecule has 0 radical (unpaired) electrons. The van der Waals surface area contributed by atoms with Crippen LogP contribution in [-0.2, 0) is 0 Å². The Morgan fingerprint density at radius 1 is 0.538 bits per heavy atom. The molecule has 0 aromatic rings. The lowest BCUT2D eigenvalue weighted by molar-refractivity contribution is -0.391. The maximum absolute atomic E-state index is 13.0. The lowest BCUT2D eigenvalue weighted by atomic mass is 9.64. The Morgan fingerprint density at radius 3 is 1.04 bits per heavy atom. The largest absolute Gasteiger partial charge is 0.426 e. The third-order valence-corrected chi connectivity index (χ3v) is 5.18. The summed E-state index contributed by atoms with van der Waals surface area (Å²) in [6.07, 6.45) is -28.9. The first-order valence-electron chi connectivity index (χ1n) is 7.20. The van der Waals surface area contributed by atoms with E-state index in [4.69, 9.17) is 0 Å². The lowest BCUT2D eigenvalue weighted by Gasteiger charge is -2.46. The molecule has 1 rings (SSSR count). The van der Waals surface area contributed by atoms with Crippen molar-refractivity contribution >= 4 is 0 Å². The predicted molar refractivity (Wildman–Crippen MR) is 62.7 cm³/mol. The maximum atomic E-state index is 13.0. The highest BCUT2D eigenvalue weighted by molar-refractivity contribution is 5.03. The molecule has 1 aliphatic rings. The van der Waals surface area contributed by atoms with Gasteiger partial charge in [-0.15, -0.1) is 0 Å². The van der Waals surface area contributed by atoms with Crippen LogP contribution in [0.3, 0.4) is 0 Å². The molecule has 1 saturated carbocycles. The summed E-state index contributed by atoms with van der Waals surface area (Å²) in [6.45, 7) is -0.169. The van der Waals surface area contributed by atoms with Gasteiger partial charge in [-0.25, -0.2) is 0 Å². The molecule has 156 valence electrons. The molecule has 0 amide bonds. The average Bonchev–Trinajstić information content (AvgIpc) is 2.40. The van der Waals surface area contributed by atoms with Gasteiger partial charge in [-0.2, -0.15) is 52.7 Å². The van der Waals surface area contributed by atoms with Gasteiger partial charge in [0, 0.05) is 5.92 Å². The molecule has 0 bridgehead atoms. The molecular weight excluding hydrogens is 400 g/mol. The molecule has 1 nitrogen and oxygen atoms in total. The average molecular weight is 414 g/mol. The minimum Gasteiger partial charge on any atom is -0.373 e. The van der Waals surface area contributed by atoms with E-state index in [1.807, 2.05) is 0 Å². The number of rotatable bonds is 2. The molecule has 1 aliphatic carbocycles. The van der Waals surface area contributed by atoms with Crippen molar-refractivity contribution in [2.24, 2.45) is 17.3 Å². The van der Waals surface area contributed by atoms with Crippen molar-refractivity contribution in [3.05, 3.63) is 0 Å². The monoisotopic (exact) mass is 414 g/mol. The zero-order chi connectivity index (χ0) is 21.0. The van der Waals surface area contributed by atoms with Crippen LogP contribution in [0.5, 0.6) is 0 Å². The zero-order valence-corrected chi connectivity index (χ0v) is 13.0. The molecule has 0 atom stereocenters. The second-order valence-corrected chi connectivity index (χ2v) is 6.51. The molecule has 1 fully saturated rings. The van der Waals surface area contributed by atoms with Crippen molar-refractivity contribution in [2.45, 2.75) is 62.9 Å². The molecule has 26 heavy (non-hydrogen) atoms. The smallest absolute Gasteiger partial charge is 0.373 e. The van der Waals surface area contributed by atoms with Crippen LogP contribution in [0, 0.1) is 17.3 Å². The summed E-state index contributed by atoms with van der Waals surface area (Å²) >= 11 is 0. The minimum absolute atomic E-state index is 0.169. The molecular formula is C13H14F12O. The minimum atomic E-state index is -6.18. The zero-order valence-electron chi connectivity index (χ0n) is 13.0. The third-order valence-electron chi connectivity index (χ3n) is 5.18. The van der Waals surface area contributed by atoms with Crippen LogP contribution in [0.25, 0.3) is 0 Å². The van der Waals surface area contributed by atoms with Crippen molar-refractivity contribution in [1.29, 1.82) is 0 Å². The highest BCUT2D eigenvalue weighted by Gasteiger charge is 2.75. The van der Waals surface area contributed by atoms with Gasteiger partial charge in [0.25, 0.3) is 5.60 Å². The summed E-state index contributed by atoms with van der Waals surface area (Å²) in [6, 6.07) is 0. The molecule has 0 saturated heterocycles. The lowest BCUT2D eigenvalue weighted by Crippen LogP contribution is -2.63. The Kier molecular flexibility index (Phi) is 5.64. The summed E-state index contributed by atoms with van der Waals surface area (Å²) in [5.74, 6) is -4.85. The van der Waals surface area contributed by atoms with Gasteiger partial charge in [0.05, 0.1) is 0 Å². The van der Waals surface area contributed by atoms with E-state index >= 15 is 0 Å². The second-order valence-electron chi connectivity index (χ2n) is 6.51. The van der Waals surface area contributed by atoms with Gasteiger partial charge < -0.3 is 5.11 Å². The van der Waals surface area contributed by atoms with Crippen LogP contribution in [0.1, 0.15) is 32.6 Å². The van der Waals surface area contributed by atoms with Gasteiger partial charge in [-0.05, 0) is 38.5 Å². The van der Waals surface area contributed by atoms with Crippen molar-refractivity contribution in [2.75, 3.05) is 0 Å². The Balaban J connectivity index is 3.16. The van der Waals surface area contributed by atoms with Crippen molar-refractivity contribution in [3.8, 4) is 0 Å². The Bertz CT molecular complexity index is 415. The first-order valence-corrected chi connectivity index (χ1v) is 7.20. The highest BCUT2D eigenvalue weighted by atomic mass is 19.4. The normalized spacial score (nSPS) is 24.7. The van der Waals surface area contributed by atoms with Crippen LogP contribution in [0.15, 0.2) is 0 Å². The number of hydrogen-bond acceptors (Lipinski definition) is 1. The molecule has 0 spiro atoms. The van der Waals surface area contributed by atoms with E-state index in [2.05, 4.69) is 0 Å². The molecule has 0 aliphatic heterocycles. The first-order chi connectivity index (χ1) is 11.2. The molecule has 0 aromatic heterocycles. The van der Waals surface area contributed by atoms with Crippen LogP contribution in [0.2, 0.25) is 0 Å². The number of halogens is 12. The number of aliphatic hydroxyl groups is 1. The second kappa shape index (κ2) is 6.33. The van der Waals surface area contributed by atoms with Gasteiger partial charge in [0.1, 0.15) is 0 Å². The van der Waals surface area contributed by atoms with Crippen molar-refractivity contribution in [1.82, 2.24) is 0 Å². The number of hydrogen-bond donors (Lipinski definition) is 1. The Labute approximate surface area is 139 Å². The summed E-state index contributed by atoms with van der Waals surface area (Å²) in [5.41, 5.74) is -9.47. The van der Waals surface area contributed by atoms with E-state index in [1.165, 1.54) is 0 Å². The fourth-order valence-corrected chi connectivity index (χ4v) is 3.34. The fraction of sp³-hybridized carbons (Fsp3) is 1.00. The molecule has 0 aromatic carbocycles. The predicted octanol–water partition coefficient (Wildman–Crippen LogP) is 5.78. The molecule has 0 unspecified atom stereocenters.